The fraction of sp³-hybridized carbons (Fsp3) is 0.385. The molecule has 1 aromatic heterocycles. The summed E-state index contributed by atoms with van der Waals surface area (Å²) >= 11 is 3.64. The summed E-state index contributed by atoms with van der Waals surface area (Å²) in [6.45, 7) is 4.66. The van der Waals surface area contributed by atoms with Crippen molar-refractivity contribution >= 4 is 21.6 Å². The Morgan fingerprint density at radius 2 is 2.21 bits per heavy atom. The molecule has 0 aliphatic carbocycles. The largest absolute Gasteiger partial charge is 0.361 e. The van der Waals surface area contributed by atoms with Crippen LogP contribution in [0.15, 0.2) is 29.0 Å². The van der Waals surface area contributed by atoms with E-state index in [1.807, 2.05) is 6.92 Å². The first-order valence-electron chi connectivity index (χ1n) is 6.32. The normalized spacial score (nSPS) is 16.3. The lowest BCUT2D eigenvalue weighted by molar-refractivity contribution is 0.559. The van der Waals surface area contributed by atoms with E-state index in [1.165, 1.54) is 5.69 Å². The van der Waals surface area contributed by atoms with E-state index < -0.39 is 0 Å². The molecule has 0 fully saturated rings. The number of aromatic nitrogens is 3. The molecule has 1 aliphatic heterocycles. The smallest absolute Gasteiger partial charge is 0.152 e. The standard InChI is InChI=1S/C13H16BrN5/c1-9(15)10-2-3-12(11(14)6-10)18-4-5-19-8-16-17-13(19)7-18/h2-3,6,8-9H,4-5,7,15H2,1H3. The third kappa shape index (κ3) is 2.37. The molecule has 19 heavy (non-hydrogen) atoms. The Hall–Kier alpha value is -1.40. The molecular formula is C13H16BrN5. The van der Waals surface area contributed by atoms with Crippen molar-refractivity contribution < 1.29 is 0 Å². The van der Waals surface area contributed by atoms with Crippen molar-refractivity contribution in [3.63, 3.8) is 0 Å². The van der Waals surface area contributed by atoms with Gasteiger partial charge in [-0.2, -0.15) is 0 Å². The third-order valence-electron chi connectivity index (χ3n) is 3.48. The van der Waals surface area contributed by atoms with Crippen LogP contribution in [-0.4, -0.2) is 21.3 Å². The minimum absolute atomic E-state index is 0.0507. The van der Waals surface area contributed by atoms with Gasteiger partial charge in [0.2, 0.25) is 0 Å². The topological polar surface area (TPSA) is 60.0 Å². The number of anilines is 1. The van der Waals surface area contributed by atoms with Crippen LogP contribution in [0.1, 0.15) is 24.4 Å². The van der Waals surface area contributed by atoms with E-state index >= 15 is 0 Å². The highest BCUT2D eigenvalue weighted by molar-refractivity contribution is 9.10. The Balaban J connectivity index is 1.88. The van der Waals surface area contributed by atoms with Gasteiger partial charge in [0.05, 0.1) is 12.2 Å². The molecule has 100 valence electrons. The van der Waals surface area contributed by atoms with Gasteiger partial charge in [0.1, 0.15) is 6.33 Å². The number of nitrogens with two attached hydrogens (primary N) is 1. The summed E-state index contributed by atoms with van der Waals surface area (Å²) in [5.74, 6) is 1.01. The summed E-state index contributed by atoms with van der Waals surface area (Å²) < 4.78 is 3.18. The molecule has 1 aromatic carbocycles. The fourth-order valence-corrected chi connectivity index (χ4v) is 2.98. The second kappa shape index (κ2) is 4.94. The summed E-state index contributed by atoms with van der Waals surface area (Å²) in [6.07, 6.45) is 1.79. The minimum atomic E-state index is 0.0507. The third-order valence-corrected chi connectivity index (χ3v) is 4.11. The summed E-state index contributed by atoms with van der Waals surface area (Å²) in [5, 5.41) is 8.09. The van der Waals surface area contributed by atoms with Crippen molar-refractivity contribution in [2.75, 3.05) is 11.4 Å². The molecule has 0 amide bonds. The SMILES string of the molecule is CC(N)c1ccc(N2CCn3cnnc3C2)c(Br)c1. The minimum Gasteiger partial charge on any atom is -0.361 e. The molecule has 1 atom stereocenters. The van der Waals surface area contributed by atoms with Crippen LogP contribution >= 0.6 is 15.9 Å². The predicted molar refractivity (Wildman–Crippen MR) is 77.8 cm³/mol. The maximum Gasteiger partial charge on any atom is 0.152 e. The molecule has 5 nitrogen and oxygen atoms in total. The fourth-order valence-electron chi connectivity index (χ4n) is 2.33. The summed E-state index contributed by atoms with van der Waals surface area (Å²) in [4.78, 5) is 2.30. The summed E-state index contributed by atoms with van der Waals surface area (Å²) in [5.41, 5.74) is 8.22. The van der Waals surface area contributed by atoms with Crippen LogP contribution in [0.4, 0.5) is 5.69 Å². The van der Waals surface area contributed by atoms with Crippen LogP contribution in [-0.2, 0) is 13.1 Å². The molecular weight excluding hydrogens is 306 g/mol. The van der Waals surface area contributed by atoms with Gasteiger partial charge in [-0.3, -0.25) is 0 Å². The zero-order valence-corrected chi connectivity index (χ0v) is 12.3. The average Bonchev–Trinajstić information content (AvgIpc) is 2.85. The van der Waals surface area contributed by atoms with E-state index in [0.717, 1.165) is 35.5 Å². The van der Waals surface area contributed by atoms with Crippen molar-refractivity contribution in [2.24, 2.45) is 5.73 Å². The molecule has 6 heteroatoms. The van der Waals surface area contributed by atoms with E-state index in [9.17, 15) is 0 Å². The Morgan fingerprint density at radius 1 is 1.37 bits per heavy atom. The maximum atomic E-state index is 5.90. The van der Waals surface area contributed by atoms with Gasteiger partial charge >= 0.3 is 0 Å². The first-order valence-corrected chi connectivity index (χ1v) is 7.11. The van der Waals surface area contributed by atoms with Gasteiger partial charge < -0.3 is 15.2 Å². The van der Waals surface area contributed by atoms with Gasteiger partial charge in [-0.25, -0.2) is 0 Å². The zero-order valence-electron chi connectivity index (χ0n) is 10.8. The van der Waals surface area contributed by atoms with E-state index in [1.54, 1.807) is 6.33 Å². The van der Waals surface area contributed by atoms with E-state index in [0.29, 0.717) is 0 Å². The highest BCUT2D eigenvalue weighted by Gasteiger charge is 2.19. The lowest BCUT2D eigenvalue weighted by Gasteiger charge is -2.30. The van der Waals surface area contributed by atoms with E-state index in [-0.39, 0.29) is 6.04 Å². The quantitative estimate of drug-likeness (QED) is 0.920. The Kier molecular flexibility index (Phi) is 3.28. The van der Waals surface area contributed by atoms with Crippen LogP contribution in [0.5, 0.6) is 0 Å². The van der Waals surface area contributed by atoms with Crippen LogP contribution in [0, 0.1) is 0 Å². The monoisotopic (exact) mass is 321 g/mol. The van der Waals surface area contributed by atoms with Crippen LogP contribution in [0.2, 0.25) is 0 Å². The maximum absolute atomic E-state index is 5.90. The molecule has 3 rings (SSSR count). The Morgan fingerprint density at radius 3 is 2.95 bits per heavy atom. The van der Waals surface area contributed by atoms with Crippen molar-refractivity contribution in [3.05, 3.63) is 40.4 Å². The second-order valence-corrected chi connectivity index (χ2v) is 5.72. The highest BCUT2D eigenvalue weighted by Crippen LogP contribution is 2.30. The lowest BCUT2D eigenvalue weighted by atomic mass is 10.1. The van der Waals surface area contributed by atoms with Crippen molar-refractivity contribution in [2.45, 2.75) is 26.1 Å². The van der Waals surface area contributed by atoms with Crippen molar-refractivity contribution in [1.82, 2.24) is 14.8 Å². The van der Waals surface area contributed by atoms with Crippen LogP contribution < -0.4 is 10.6 Å². The van der Waals surface area contributed by atoms with Crippen molar-refractivity contribution in [3.8, 4) is 0 Å². The molecule has 1 aliphatic rings. The molecule has 0 radical (unpaired) electrons. The summed E-state index contributed by atoms with van der Waals surface area (Å²) in [6, 6.07) is 6.35. The van der Waals surface area contributed by atoms with Crippen LogP contribution in [0.25, 0.3) is 0 Å². The van der Waals surface area contributed by atoms with Crippen molar-refractivity contribution in [1.29, 1.82) is 0 Å². The van der Waals surface area contributed by atoms with Gasteiger partial charge in [-0.15, -0.1) is 10.2 Å². The molecule has 1 unspecified atom stereocenters. The number of benzene rings is 1. The first kappa shape index (κ1) is 12.6. The molecule has 0 spiro atoms. The number of hydrogen-bond donors (Lipinski definition) is 1. The Bertz CT molecular complexity index is 592. The highest BCUT2D eigenvalue weighted by atomic mass is 79.9. The second-order valence-electron chi connectivity index (χ2n) is 4.86. The average molecular weight is 322 g/mol. The first-order chi connectivity index (χ1) is 9.15. The molecule has 2 heterocycles. The molecule has 2 aromatic rings. The van der Waals surface area contributed by atoms with Gasteiger partial charge in [-0.1, -0.05) is 6.07 Å². The number of rotatable bonds is 2. The van der Waals surface area contributed by atoms with Gasteiger partial charge in [0, 0.05) is 23.6 Å². The lowest BCUT2D eigenvalue weighted by Crippen LogP contribution is -2.33. The molecule has 2 N–H and O–H groups in total. The van der Waals surface area contributed by atoms with E-state index in [4.69, 9.17) is 5.73 Å². The van der Waals surface area contributed by atoms with Gasteiger partial charge in [0.15, 0.2) is 5.82 Å². The zero-order chi connectivity index (χ0) is 13.4. The van der Waals surface area contributed by atoms with Gasteiger partial charge in [0.25, 0.3) is 0 Å². The number of hydrogen-bond acceptors (Lipinski definition) is 4. The number of halogens is 1. The van der Waals surface area contributed by atoms with Crippen LogP contribution in [0.3, 0.4) is 0 Å². The van der Waals surface area contributed by atoms with E-state index in [2.05, 4.69) is 53.8 Å². The number of nitrogens with zero attached hydrogens (tertiary/aromatic N) is 4. The molecule has 0 bridgehead atoms. The molecule has 0 saturated heterocycles. The van der Waals surface area contributed by atoms with Gasteiger partial charge in [-0.05, 0) is 40.5 Å². The Labute approximate surface area is 120 Å². The number of fused-ring (bicyclic) bond motifs is 1. The predicted octanol–water partition coefficient (Wildman–Crippen LogP) is 2.08. The molecule has 0 saturated carbocycles. The summed E-state index contributed by atoms with van der Waals surface area (Å²) in [7, 11) is 0.